The number of rotatable bonds is 4. The van der Waals surface area contributed by atoms with Crippen LogP contribution in [-0.4, -0.2) is 33.5 Å². The predicted octanol–water partition coefficient (Wildman–Crippen LogP) is 4.48. The fourth-order valence-corrected chi connectivity index (χ4v) is 8.71. The molecule has 0 aromatic heterocycles. The van der Waals surface area contributed by atoms with Gasteiger partial charge in [-0.25, -0.2) is 0 Å². The number of hydrogen-bond acceptors (Lipinski definition) is 3. The quantitative estimate of drug-likeness (QED) is 0.659. The summed E-state index contributed by atoms with van der Waals surface area (Å²) in [5.41, 5.74) is 0.216. The van der Waals surface area contributed by atoms with E-state index in [0.29, 0.717) is 35.5 Å². The van der Waals surface area contributed by atoms with Crippen molar-refractivity contribution in [1.82, 2.24) is 0 Å². The Morgan fingerprint density at radius 1 is 1.04 bits per heavy atom. The summed E-state index contributed by atoms with van der Waals surface area (Å²) in [4.78, 5) is 11.1. The lowest BCUT2D eigenvalue weighted by atomic mass is 9.43. The normalized spacial score (nSPS) is 51.7. The van der Waals surface area contributed by atoms with Gasteiger partial charge in [-0.05, 0) is 104 Å². The lowest BCUT2D eigenvalue weighted by Crippen LogP contribution is -2.58. The summed E-state index contributed by atoms with van der Waals surface area (Å²) in [6, 6.07) is 0. The van der Waals surface area contributed by atoms with Gasteiger partial charge >= 0.3 is 5.97 Å². The van der Waals surface area contributed by atoms with Gasteiger partial charge in [0.25, 0.3) is 0 Å². The van der Waals surface area contributed by atoms with Crippen molar-refractivity contribution in [2.75, 3.05) is 0 Å². The van der Waals surface area contributed by atoms with Crippen LogP contribution in [0, 0.1) is 46.3 Å². The molecule has 4 aliphatic carbocycles. The van der Waals surface area contributed by atoms with E-state index in [1.54, 1.807) is 0 Å². The topological polar surface area (TPSA) is 77.8 Å². The van der Waals surface area contributed by atoms with E-state index < -0.39 is 5.97 Å². The SMILES string of the molecule is C[C@H](CCC(=O)O)[C@H]1CC[C@@H]2[C@@H]3CC[C@H]4C[C@H](O)CC[C@]4(C)[C@H]3C[C@H](O)[C@@]21C. The number of carbonyl (C=O) groups is 1. The monoisotopic (exact) mass is 392 g/mol. The van der Waals surface area contributed by atoms with Crippen LogP contribution in [0.4, 0.5) is 0 Å². The van der Waals surface area contributed by atoms with E-state index in [1.165, 1.54) is 19.3 Å². The van der Waals surface area contributed by atoms with E-state index >= 15 is 0 Å². The van der Waals surface area contributed by atoms with Gasteiger partial charge in [0.2, 0.25) is 0 Å². The molecule has 0 heterocycles. The zero-order valence-corrected chi connectivity index (χ0v) is 17.9. The number of carboxylic acids is 1. The van der Waals surface area contributed by atoms with Crippen molar-refractivity contribution in [3.63, 3.8) is 0 Å². The van der Waals surface area contributed by atoms with Gasteiger partial charge in [-0.15, -0.1) is 0 Å². The number of fused-ring (bicyclic) bond motifs is 5. The zero-order chi connectivity index (χ0) is 20.3. The number of aliphatic hydroxyl groups is 2. The predicted molar refractivity (Wildman–Crippen MR) is 109 cm³/mol. The maximum Gasteiger partial charge on any atom is 0.303 e. The summed E-state index contributed by atoms with van der Waals surface area (Å²) in [6.07, 6.45) is 9.26. The second-order valence-electron chi connectivity index (χ2n) is 11.3. The van der Waals surface area contributed by atoms with E-state index in [4.69, 9.17) is 5.11 Å². The van der Waals surface area contributed by atoms with Crippen molar-refractivity contribution >= 4 is 5.97 Å². The van der Waals surface area contributed by atoms with Crippen LogP contribution in [0.1, 0.15) is 85.0 Å². The van der Waals surface area contributed by atoms with E-state index in [2.05, 4.69) is 20.8 Å². The van der Waals surface area contributed by atoms with Crippen LogP contribution in [-0.2, 0) is 4.79 Å². The smallest absolute Gasteiger partial charge is 0.303 e. The van der Waals surface area contributed by atoms with Crippen LogP contribution in [0.5, 0.6) is 0 Å². The van der Waals surface area contributed by atoms with Gasteiger partial charge in [0.15, 0.2) is 0 Å². The molecular weight excluding hydrogens is 352 g/mol. The molecule has 160 valence electrons. The Labute approximate surface area is 170 Å². The fourth-order valence-electron chi connectivity index (χ4n) is 8.71. The Kier molecular flexibility index (Phi) is 5.36. The summed E-state index contributed by atoms with van der Waals surface area (Å²) >= 11 is 0. The second-order valence-corrected chi connectivity index (χ2v) is 11.3. The maximum atomic E-state index is 11.5. The number of aliphatic hydroxyl groups excluding tert-OH is 2. The van der Waals surface area contributed by atoms with Crippen molar-refractivity contribution in [3.8, 4) is 0 Å². The van der Waals surface area contributed by atoms with E-state index in [-0.39, 0.29) is 29.5 Å². The molecule has 0 radical (unpaired) electrons. The van der Waals surface area contributed by atoms with Gasteiger partial charge in [-0.1, -0.05) is 20.8 Å². The van der Waals surface area contributed by atoms with Crippen LogP contribution in [0.15, 0.2) is 0 Å². The van der Waals surface area contributed by atoms with Crippen LogP contribution < -0.4 is 0 Å². The molecule has 3 N–H and O–H groups in total. The average molecular weight is 393 g/mol. The molecule has 4 heteroatoms. The molecular formula is C24H40O4. The molecule has 0 saturated heterocycles. The third kappa shape index (κ3) is 3.05. The molecule has 4 nitrogen and oxygen atoms in total. The first-order chi connectivity index (χ1) is 13.2. The fraction of sp³-hybridized carbons (Fsp3) is 0.958. The van der Waals surface area contributed by atoms with Crippen molar-refractivity contribution in [2.24, 2.45) is 46.3 Å². The molecule has 4 aliphatic rings. The largest absolute Gasteiger partial charge is 0.481 e. The summed E-state index contributed by atoms with van der Waals surface area (Å²) in [5.74, 6) is 2.55. The number of hydrogen-bond donors (Lipinski definition) is 3. The Morgan fingerprint density at radius 3 is 2.50 bits per heavy atom. The standard InChI is InChI=1S/C24H40O4/c1-14(4-9-22(27)28)18-7-8-19-17-6-5-15-12-16(25)10-11-23(15,2)20(17)13-21(26)24(18,19)3/h14-21,25-26H,4-13H2,1-3H3,(H,27,28)/t14-,15+,16-,17+,18-,19-,20+,21+,23+,24-/m1/s1. The molecule has 0 amide bonds. The number of carboxylic acid groups (broad SMARTS) is 1. The highest BCUT2D eigenvalue weighted by molar-refractivity contribution is 5.66. The van der Waals surface area contributed by atoms with Gasteiger partial charge < -0.3 is 15.3 Å². The summed E-state index contributed by atoms with van der Waals surface area (Å²) in [5, 5.41) is 30.8. The lowest BCUT2D eigenvalue weighted by molar-refractivity contribution is -0.175. The van der Waals surface area contributed by atoms with Crippen molar-refractivity contribution < 1.29 is 20.1 Å². The Morgan fingerprint density at radius 2 is 1.79 bits per heavy atom. The third-order valence-corrected chi connectivity index (χ3v) is 10.3. The molecule has 0 aromatic carbocycles. The molecule has 0 unspecified atom stereocenters. The molecule has 4 fully saturated rings. The molecule has 4 saturated carbocycles. The minimum absolute atomic E-state index is 0.0591. The van der Waals surface area contributed by atoms with E-state index in [9.17, 15) is 15.0 Å². The summed E-state index contributed by atoms with van der Waals surface area (Å²) < 4.78 is 0. The maximum absolute atomic E-state index is 11.5. The second kappa shape index (κ2) is 7.27. The third-order valence-electron chi connectivity index (χ3n) is 10.3. The Balaban J connectivity index is 1.56. The zero-order valence-electron chi connectivity index (χ0n) is 17.9. The molecule has 28 heavy (non-hydrogen) atoms. The average Bonchev–Trinajstić information content (AvgIpc) is 3.00. The van der Waals surface area contributed by atoms with Crippen molar-refractivity contribution in [1.29, 1.82) is 0 Å². The summed E-state index contributed by atoms with van der Waals surface area (Å²) in [6.45, 7) is 6.99. The first-order valence-corrected chi connectivity index (χ1v) is 11.8. The molecule has 4 rings (SSSR count). The Bertz CT molecular complexity index is 605. The molecule has 10 atom stereocenters. The van der Waals surface area contributed by atoms with Crippen molar-refractivity contribution in [2.45, 2.75) is 97.2 Å². The first kappa shape index (κ1) is 20.7. The Hall–Kier alpha value is -0.610. The highest BCUT2D eigenvalue weighted by Gasteiger charge is 2.63. The molecule has 0 aliphatic heterocycles. The minimum Gasteiger partial charge on any atom is -0.481 e. The van der Waals surface area contributed by atoms with E-state index in [0.717, 1.165) is 38.5 Å². The van der Waals surface area contributed by atoms with Gasteiger partial charge in [-0.3, -0.25) is 4.79 Å². The highest BCUT2D eigenvalue weighted by Crippen LogP contribution is 2.68. The van der Waals surface area contributed by atoms with Crippen LogP contribution in [0.3, 0.4) is 0 Å². The van der Waals surface area contributed by atoms with Crippen LogP contribution in [0.2, 0.25) is 0 Å². The van der Waals surface area contributed by atoms with Crippen molar-refractivity contribution in [3.05, 3.63) is 0 Å². The van der Waals surface area contributed by atoms with Gasteiger partial charge in [-0.2, -0.15) is 0 Å². The highest BCUT2D eigenvalue weighted by atomic mass is 16.4. The molecule has 0 bridgehead atoms. The lowest BCUT2D eigenvalue weighted by Gasteiger charge is -2.62. The first-order valence-electron chi connectivity index (χ1n) is 11.8. The molecule has 0 aromatic rings. The molecule has 0 spiro atoms. The number of aliphatic carboxylic acids is 1. The van der Waals surface area contributed by atoms with Gasteiger partial charge in [0.1, 0.15) is 0 Å². The minimum atomic E-state index is -0.707. The van der Waals surface area contributed by atoms with E-state index in [1.807, 2.05) is 0 Å². The van der Waals surface area contributed by atoms with Crippen LogP contribution in [0.25, 0.3) is 0 Å². The summed E-state index contributed by atoms with van der Waals surface area (Å²) in [7, 11) is 0. The van der Waals surface area contributed by atoms with Gasteiger partial charge in [0.05, 0.1) is 12.2 Å². The van der Waals surface area contributed by atoms with Gasteiger partial charge in [0, 0.05) is 6.42 Å². The van der Waals surface area contributed by atoms with Crippen LogP contribution >= 0.6 is 0 Å².